The molecule has 0 aromatic heterocycles. The third-order valence-electron chi connectivity index (χ3n) is 4.09. The van der Waals surface area contributed by atoms with Crippen molar-refractivity contribution < 1.29 is 4.79 Å². The van der Waals surface area contributed by atoms with Crippen LogP contribution in [-0.4, -0.2) is 28.7 Å². The molecule has 3 heteroatoms. The lowest BCUT2D eigenvalue weighted by Crippen LogP contribution is -2.43. The quantitative estimate of drug-likeness (QED) is 0.779. The average molecular weight is 324 g/mol. The molecule has 1 heterocycles. The van der Waals surface area contributed by atoms with E-state index in [4.69, 9.17) is 0 Å². The molecule has 2 nitrogen and oxygen atoms in total. The third-order valence-corrected chi connectivity index (χ3v) is 5.28. The minimum Gasteiger partial charge on any atom is -0.342 e. The summed E-state index contributed by atoms with van der Waals surface area (Å²) in [5.41, 5.74) is 2.57. The molecule has 1 aliphatic rings. The lowest BCUT2D eigenvalue weighted by molar-refractivity contribution is -0.132. The van der Waals surface area contributed by atoms with Gasteiger partial charge in [-0.15, -0.1) is 0 Å². The van der Waals surface area contributed by atoms with Crippen molar-refractivity contribution >= 4 is 21.8 Å². The van der Waals surface area contributed by atoms with Gasteiger partial charge in [0.2, 0.25) is 5.91 Å². The number of halogens is 1. The lowest BCUT2D eigenvalue weighted by atomic mass is 9.98. The topological polar surface area (TPSA) is 20.3 Å². The van der Waals surface area contributed by atoms with Crippen molar-refractivity contribution in [2.45, 2.75) is 37.9 Å². The number of hydrogen-bond donors (Lipinski definition) is 0. The molecular weight excluding hydrogens is 302 g/mol. The van der Waals surface area contributed by atoms with Gasteiger partial charge < -0.3 is 4.90 Å². The van der Waals surface area contributed by atoms with Crippen molar-refractivity contribution in [3.05, 3.63) is 35.4 Å². The minimum atomic E-state index is 0.291. The zero-order valence-electron chi connectivity index (χ0n) is 11.7. The van der Waals surface area contributed by atoms with E-state index in [1.165, 1.54) is 11.1 Å². The van der Waals surface area contributed by atoms with Gasteiger partial charge in [0.05, 0.1) is 0 Å². The Morgan fingerprint density at radius 1 is 1.42 bits per heavy atom. The van der Waals surface area contributed by atoms with Crippen molar-refractivity contribution in [1.29, 1.82) is 0 Å². The monoisotopic (exact) mass is 323 g/mol. The molecule has 2 atom stereocenters. The summed E-state index contributed by atoms with van der Waals surface area (Å²) in [6.45, 7) is 6.12. The molecule has 0 N–H and O–H groups in total. The zero-order valence-corrected chi connectivity index (χ0v) is 13.3. The fourth-order valence-corrected chi connectivity index (χ4v) is 3.15. The Bertz CT molecular complexity index is 446. The summed E-state index contributed by atoms with van der Waals surface area (Å²) in [6.07, 6.45) is 2.58. The molecule has 1 fully saturated rings. The molecule has 1 amide bonds. The van der Waals surface area contributed by atoms with Gasteiger partial charge in [0, 0.05) is 24.3 Å². The number of carbonyl (C=O) groups is 1. The fourth-order valence-electron chi connectivity index (χ4n) is 2.54. The highest BCUT2D eigenvalue weighted by Crippen LogP contribution is 2.24. The predicted molar refractivity (Wildman–Crippen MR) is 82.6 cm³/mol. The van der Waals surface area contributed by atoms with Gasteiger partial charge in [-0.05, 0) is 36.8 Å². The van der Waals surface area contributed by atoms with Gasteiger partial charge in [0.25, 0.3) is 0 Å². The van der Waals surface area contributed by atoms with E-state index in [1.54, 1.807) is 0 Å². The van der Waals surface area contributed by atoms with Crippen molar-refractivity contribution in [2.24, 2.45) is 5.92 Å². The molecule has 0 radical (unpaired) electrons. The molecule has 0 aliphatic carbocycles. The van der Waals surface area contributed by atoms with Gasteiger partial charge in [-0.3, -0.25) is 4.79 Å². The summed E-state index contributed by atoms with van der Waals surface area (Å²) < 4.78 is 0. The van der Waals surface area contributed by atoms with Crippen LogP contribution in [0.1, 0.15) is 30.9 Å². The molecule has 1 aromatic rings. The number of piperidine rings is 1. The number of hydrogen-bond acceptors (Lipinski definition) is 1. The van der Waals surface area contributed by atoms with E-state index in [2.05, 4.69) is 41.9 Å². The predicted octanol–water partition coefficient (Wildman–Crippen LogP) is 3.56. The first-order valence-electron chi connectivity index (χ1n) is 7.04. The highest BCUT2D eigenvalue weighted by Gasteiger charge is 2.26. The molecule has 19 heavy (non-hydrogen) atoms. The molecule has 1 aliphatic heterocycles. The zero-order chi connectivity index (χ0) is 13.8. The van der Waals surface area contributed by atoms with E-state index in [0.717, 1.165) is 25.9 Å². The van der Waals surface area contributed by atoms with Gasteiger partial charge in [-0.25, -0.2) is 0 Å². The Balaban J connectivity index is 1.87. The van der Waals surface area contributed by atoms with E-state index in [9.17, 15) is 4.79 Å². The molecule has 1 aromatic carbocycles. The number of nitrogens with zero attached hydrogens (tertiary/aromatic N) is 1. The maximum absolute atomic E-state index is 12.2. The molecular formula is C16H22BrNO. The van der Waals surface area contributed by atoms with Crippen LogP contribution in [0.5, 0.6) is 0 Å². The molecule has 2 unspecified atom stereocenters. The number of likely N-dealkylation sites (tertiary alicyclic amines) is 1. The second kappa shape index (κ2) is 6.56. The van der Waals surface area contributed by atoms with E-state index in [-0.39, 0.29) is 0 Å². The molecule has 0 saturated carbocycles. The number of amides is 1. The van der Waals surface area contributed by atoms with Crippen molar-refractivity contribution in [3.63, 3.8) is 0 Å². The lowest BCUT2D eigenvalue weighted by Gasteiger charge is -2.34. The number of aryl methyl sites for hydroxylation is 2. The number of rotatable bonds is 3. The Morgan fingerprint density at radius 3 is 2.84 bits per heavy atom. The van der Waals surface area contributed by atoms with Crippen molar-refractivity contribution in [3.8, 4) is 0 Å². The molecule has 1 saturated heterocycles. The Labute approximate surface area is 124 Å². The van der Waals surface area contributed by atoms with Crippen molar-refractivity contribution in [2.75, 3.05) is 13.1 Å². The first-order chi connectivity index (χ1) is 9.08. The second-order valence-corrected chi connectivity index (χ2v) is 6.72. The first kappa shape index (κ1) is 14.6. The van der Waals surface area contributed by atoms with Crippen LogP contribution in [0.4, 0.5) is 0 Å². The first-order valence-corrected chi connectivity index (χ1v) is 7.96. The largest absolute Gasteiger partial charge is 0.342 e. The standard InChI is InChI=1S/C16H22BrNO/c1-12-5-3-4-6-14(12)7-8-16(19)18-10-9-13(2)15(17)11-18/h3-6,13,15H,7-11H2,1-2H3. The summed E-state index contributed by atoms with van der Waals surface area (Å²) in [5.74, 6) is 0.958. The molecule has 0 bridgehead atoms. The fraction of sp³-hybridized carbons (Fsp3) is 0.562. The van der Waals surface area contributed by atoms with Crippen LogP contribution in [0.2, 0.25) is 0 Å². The Hall–Kier alpha value is -0.830. The second-order valence-electron chi connectivity index (χ2n) is 5.55. The van der Waals surface area contributed by atoms with E-state index < -0.39 is 0 Å². The van der Waals surface area contributed by atoms with Gasteiger partial charge in [-0.1, -0.05) is 47.1 Å². The number of benzene rings is 1. The van der Waals surface area contributed by atoms with Crippen LogP contribution in [0.15, 0.2) is 24.3 Å². The summed E-state index contributed by atoms with van der Waals surface area (Å²) in [4.78, 5) is 14.7. The van der Waals surface area contributed by atoms with Crippen LogP contribution in [0.25, 0.3) is 0 Å². The smallest absolute Gasteiger partial charge is 0.222 e. The maximum atomic E-state index is 12.2. The Kier molecular flexibility index (Phi) is 5.03. The van der Waals surface area contributed by atoms with Crippen molar-refractivity contribution in [1.82, 2.24) is 4.90 Å². The summed E-state index contributed by atoms with van der Waals surface area (Å²) >= 11 is 3.68. The van der Waals surface area contributed by atoms with Gasteiger partial charge >= 0.3 is 0 Å². The summed E-state index contributed by atoms with van der Waals surface area (Å²) in [6, 6.07) is 8.32. The van der Waals surface area contributed by atoms with Gasteiger partial charge in [-0.2, -0.15) is 0 Å². The maximum Gasteiger partial charge on any atom is 0.222 e. The molecule has 0 spiro atoms. The number of carbonyl (C=O) groups excluding carboxylic acids is 1. The third kappa shape index (κ3) is 3.82. The number of alkyl halides is 1. The van der Waals surface area contributed by atoms with Crippen LogP contribution in [-0.2, 0) is 11.2 Å². The Morgan fingerprint density at radius 2 is 2.16 bits per heavy atom. The molecule has 104 valence electrons. The SMILES string of the molecule is Cc1ccccc1CCC(=O)N1CCC(C)C(Br)C1. The van der Waals surface area contributed by atoms with Crippen LogP contribution in [0, 0.1) is 12.8 Å². The van der Waals surface area contributed by atoms with E-state index in [1.807, 2.05) is 17.0 Å². The van der Waals surface area contributed by atoms with E-state index in [0.29, 0.717) is 23.1 Å². The van der Waals surface area contributed by atoms with Crippen LogP contribution >= 0.6 is 15.9 Å². The van der Waals surface area contributed by atoms with Crippen LogP contribution in [0.3, 0.4) is 0 Å². The highest BCUT2D eigenvalue weighted by molar-refractivity contribution is 9.09. The van der Waals surface area contributed by atoms with E-state index >= 15 is 0 Å². The normalized spacial score (nSPS) is 23.4. The average Bonchev–Trinajstić information content (AvgIpc) is 2.40. The summed E-state index contributed by atoms with van der Waals surface area (Å²) in [5, 5.41) is 0. The highest BCUT2D eigenvalue weighted by atomic mass is 79.9. The van der Waals surface area contributed by atoms with Crippen LogP contribution < -0.4 is 0 Å². The van der Waals surface area contributed by atoms with Gasteiger partial charge in [0.1, 0.15) is 0 Å². The van der Waals surface area contributed by atoms with Gasteiger partial charge in [0.15, 0.2) is 0 Å². The summed E-state index contributed by atoms with van der Waals surface area (Å²) in [7, 11) is 0. The minimum absolute atomic E-state index is 0.291. The molecule has 2 rings (SSSR count).